The van der Waals surface area contributed by atoms with Crippen molar-refractivity contribution in [2.24, 2.45) is 0 Å². The minimum atomic E-state index is -0.0505. The van der Waals surface area contributed by atoms with Gasteiger partial charge < -0.3 is 4.74 Å². The molecule has 0 N–H and O–H groups in total. The molecule has 2 rings (SSSR count). The molecular weight excluding hydrogens is 218 g/mol. The highest BCUT2D eigenvalue weighted by atomic mass is 32.1. The zero-order valence-electron chi connectivity index (χ0n) is 10.3. The Morgan fingerprint density at radius 1 is 1.31 bits per heavy atom. The second kappa shape index (κ2) is 5.28. The van der Waals surface area contributed by atoms with Crippen LogP contribution in [0.15, 0.2) is 6.20 Å². The molecule has 0 saturated heterocycles. The highest BCUT2D eigenvalue weighted by molar-refractivity contribution is 7.11. The molecular formula is C13H21NOS. The number of rotatable bonds is 4. The molecule has 1 aromatic rings. The molecule has 16 heavy (non-hydrogen) atoms. The van der Waals surface area contributed by atoms with E-state index in [1.54, 1.807) is 0 Å². The van der Waals surface area contributed by atoms with Crippen LogP contribution < -0.4 is 0 Å². The fraction of sp³-hybridized carbons (Fsp3) is 0.769. The van der Waals surface area contributed by atoms with Crippen molar-refractivity contribution in [2.75, 3.05) is 6.61 Å². The smallest absolute Gasteiger partial charge is 0.125 e. The van der Waals surface area contributed by atoms with E-state index in [9.17, 15) is 0 Å². The van der Waals surface area contributed by atoms with Crippen molar-refractivity contribution in [3.05, 3.63) is 16.1 Å². The topological polar surface area (TPSA) is 22.1 Å². The van der Waals surface area contributed by atoms with Gasteiger partial charge in [0.2, 0.25) is 0 Å². The van der Waals surface area contributed by atoms with E-state index in [1.165, 1.54) is 29.1 Å². The molecule has 0 amide bonds. The van der Waals surface area contributed by atoms with Crippen molar-refractivity contribution in [3.63, 3.8) is 0 Å². The maximum absolute atomic E-state index is 6.06. The van der Waals surface area contributed by atoms with Crippen molar-refractivity contribution in [1.82, 2.24) is 4.98 Å². The molecule has 1 aliphatic rings. The van der Waals surface area contributed by atoms with E-state index in [0.29, 0.717) is 0 Å². The number of aromatic nitrogens is 1. The molecule has 0 unspecified atom stereocenters. The molecule has 0 bridgehead atoms. The first-order chi connectivity index (χ1) is 7.80. The third kappa shape index (κ3) is 2.30. The summed E-state index contributed by atoms with van der Waals surface area (Å²) in [6.45, 7) is 5.07. The number of thiazole rings is 1. The van der Waals surface area contributed by atoms with E-state index in [2.05, 4.69) is 18.8 Å². The van der Waals surface area contributed by atoms with Gasteiger partial charge in [0.25, 0.3) is 0 Å². The summed E-state index contributed by atoms with van der Waals surface area (Å²) in [5.41, 5.74) is -0.0505. The predicted molar refractivity (Wildman–Crippen MR) is 67.9 cm³/mol. The maximum atomic E-state index is 6.06. The first kappa shape index (κ1) is 12.1. The van der Waals surface area contributed by atoms with Crippen LogP contribution >= 0.6 is 11.3 Å². The lowest BCUT2D eigenvalue weighted by Gasteiger charge is -2.35. The van der Waals surface area contributed by atoms with Crippen LogP contribution in [0.1, 0.15) is 55.8 Å². The molecule has 1 saturated carbocycles. The molecule has 90 valence electrons. The average molecular weight is 239 g/mol. The van der Waals surface area contributed by atoms with Crippen LogP contribution in [-0.4, -0.2) is 11.6 Å². The Kier molecular flexibility index (Phi) is 3.98. The molecule has 1 aliphatic carbocycles. The standard InChI is InChI=1S/C13H21NOS/c1-3-11-10-14-12(16-11)13(15-4-2)8-6-5-7-9-13/h10H,3-9H2,1-2H3. The fourth-order valence-electron chi connectivity index (χ4n) is 2.50. The Morgan fingerprint density at radius 2 is 2.06 bits per heavy atom. The van der Waals surface area contributed by atoms with Gasteiger partial charge in [-0.3, -0.25) is 0 Å². The van der Waals surface area contributed by atoms with Crippen LogP contribution in [-0.2, 0) is 16.8 Å². The highest BCUT2D eigenvalue weighted by Gasteiger charge is 2.37. The predicted octanol–water partition coefficient (Wildman–Crippen LogP) is 3.90. The summed E-state index contributed by atoms with van der Waals surface area (Å²) in [7, 11) is 0. The summed E-state index contributed by atoms with van der Waals surface area (Å²) in [4.78, 5) is 5.97. The van der Waals surface area contributed by atoms with Gasteiger partial charge in [-0.05, 0) is 26.2 Å². The van der Waals surface area contributed by atoms with Crippen LogP contribution in [0.25, 0.3) is 0 Å². The van der Waals surface area contributed by atoms with Crippen LogP contribution in [0, 0.1) is 0 Å². The van der Waals surface area contributed by atoms with E-state index in [-0.39, 0.29) is 5.60 Å². The van der Waals surface area contributed by atoms with E-state index < -0.39 is 0 Å². The molecule has 0 radical (unpaired) electrons. The van der Waals surface area contributed by atoms with E-state index in [1.807, 2.05) is 17.5 Å². The van der Waals surface area contributed by atoms with Crippen LogP contribution in [0.2, 0.25) is 0 Å². The fourth-order valence-corrected chi connectivity index (χ4v) is 3.55. The lowest BCUT2D eigenvalue weighted by atomic mass is 9.85. The quantitative estimate of drug-likeness (QED) is 0.795. The van der Waals surface area contributed by atoms with E-state index in [0.717, 1.165) is 25.9 Å². The summed E-state index contributed by atoms with van der Waals surface area (Å²) in [5.74, 6) is 0. The lowest BCUT2D eigenvalue weighted by Crippen LogP contribution is -2.32. The Hall–Kier alpha value is -0.410. The van der Waals surface area contributed by atoms with Crippen molar-refractivity contribution >= 4 is 11.3 Å². The van der Waals surface area contributed by atoms with Crippen LogP contribution in [0.5, 0.6) is 0 Å². The van der Waals surface area contributed by atoms with Crippen molar-refractivity contribution in [2.45, 2.75) is 58.0 Å². The third-order valence-corrected chi connectivity index (χ3v) is 4.70. The maximum Gasteiger partial charge on any atom is 0.125 e. The van der Waals surface area contributed by atoms with Gasteiger partial charge in [-0.2, -0.15) is 0 Å². The molecule has 1 aromatic heterocycles. The zero-order valence-corrected chi connectivity index (χ0v) is 11.1. The van der Waals surface area contributed by atoms with Crippen molar-refractivity contribution in [1.29, 1.82) is 0 Å². The summed E-state index contributed by atoms with van der Waals surface area (Å²) in [5, 5.41) is 1.21. The third-order valence-electron chi connectivity index (χ3n) is 3.37. The van der Waals surface area contributed by atoms with E-state index in [4.69, 9.17) is 4.74 Å². The SMILES string of the molecule is CCOC1(c2ncc(CC)s2)CCCCC1. The Bertz CT molecular complexity index is 323. The first-order valence-electron chi connectivity index (χ1n) is 6.40. The lowest BCUT2D eigenvalue weighted by molar-refractivity contribution is -0.0704. The monoisotopic (exact) mass is 239 g/mol. The zero-order chi connectivity index (χ0) is 11.4. The van der Waals surface area contributed by atoms with Gasteiger partial charge >= 0.3 is 0 Å². The normalized spacial score (nSPS) is 19.9. The second-order valence-electron chi connectivity index (χ2n) is 4.47. The highest BCUT2D eigenvalue weighted by Crippen LogP contribution is 2.42. The van der Waals surface area contributed by atoms with Gasteiger partial charge in [-0.25, -0.2) is 4.98 Å². The Balaban J connectivity index is 2.23. The molecule has 0 aliphatic heterocycles. The van der Waals surface area contributed by atoms with Gasteiger partial charge in [-0.1, -0.05) is 26.2 Å². The summed E-state index contributed by atoms with van der Waals surface area (Å²) < 4.78 is 6.06. The summed E-state index contributed by atoms with van der Waals surface area (Å²) >= 11 is 1.84. The minimum Gasteiger partial charge on any atom is -0.368 e. The van der Waals surface area contributed by atoms with E-state index >= 15 is 0 Å². The number of ether oxygens (including phenoxy) is 1. The largest absolute Gasteiger partial charge is 0.368 e. The minimum absolute atomic E-state index is 0.0505. The molecule has 1 fully saturated rings. The van der Waals surface area contributed by atoms with Gasteiger partial charge in [0, 0.05) is 17.7 Å². The average Bonchev–Trinajstić information content (AvgIpc) is 2.80. The second-order valence-corrected chi connectivity index (χ2v) is 5.59. The molecule has 3 heteroatoms. The van der Waals surface area contributed by atoms with Crippen molar-refractivity contribution < 1.29 is 4.74 Å². The van der Waals surface area contributed by atoms with Crippen LogP contribution in [0.3, 0.4) is 0 Å². The molecule has 2 nitrogen and oxygen atoms in total. The van der Waals surface area contributed by atoms with Crippen LogP contribution in [0.4, 0.5) is 0 Å². The number of nitrogens with zero attached hydrogens (tertiary/aromatic N) is 1. The van der Waals surface area contributed by atoms with Crippen molar-refractivity contribution in [3.8, 4) is 0 Å². The molecule has 0 atom stereocenters. The van der Waals surface area contributed by atoms with Gasteiger partial charge in [0.05, 0.1) is 0 Å². The van der Waals surface area contributed by atoms with Gasteiger partial charge in [0.1, 0.15) is 10.6 Å². The number of hydrogen-bond donors (Lipinski definition) is 0. The molecule has 0 aromatic carbocycles. The Morgan fingerprint density at radius 3 is 2.62 bits per heavy atom. The number of aryl methyl sites for hydroxylation is 1. The Labute approximate surface area is 102 Å². The number of hydrogen-bond acceptors (Lipinski definition) is 3. The first-order valence-corrected chi connectivity index (χ1v) is 7.21. The van der Waals surface area contributed by atoms with Gasteiger partial charge in [0.15, 0.2) is 0 Å². The molecule has 1 heterocycles. The summed E-state index contributed by atoms with van der Waals surface area (Å²) in [6.07, 6.45) is 9.31. The van der Waals surface area contributed by atoms with Gasteiger partial charge in [-0.15, -0.1) is 11.3 Å². The molecule has 0 spiro atoms. The summed E-state index contributed by atoms with van der Waals surface area (Å²) in [6, 6.07) is 0.